The summed E-state index contributed by atoms with van der Waals surface area (Å²) in [6.45, 7) is 5.14. The van der Waals surface area contributed by atoms with Gasteiger partial charge in [0.2, 0.25) is 0 Å². The van der Waals surface area contributed by atoms with Gasteiger partial charge in [-0.05, 0) is 55.0 Å². The highest BCUT2D eigenvalue weighted by Gasteiger charge is 2.33. The monoisotopic (exact) mass is 458 g/mol. The second kappa shape index (κ2) is 9.09. The maximum Gasteiger partial charge on any atom is 0.185 e. The van der Waals surface area contributed by atoms with Gasteiger partial charge in [0.25, 0.3) is 0 Å². The topological polar surface area (TPSA) is 50.3 Å². The van der Waals surface area contributed by atoms with Gasteiger partial charge in [-0.3, -0.25) is 0 Å². The Bertz CT molecular complexity index is 1150. The minimum atomic E-state index is -3.55. The van der Waals surface area contributed by atoms with Crippen molar-refractivity contribution in [3.63, 3.8) is 0 Å². The summed E-state index contributed by atoms with van der Waals surface area (Å²) in [5.74, 6) is -0.513. The molecule has 0 aliphatic carbocycles. The number of hydrogen-bond donors (Lipinski definition) is 0. The third kappa shape index (κ3) is 4.83. The number of sulfone groups is 1. The molecule has 1 fully saturated rings. The summed E-state index contributed by atoms with van der Waals surface area (Å²) in [6, 6.07) is 12.6. The fourth-order valence-corrected chi connectivity index (χ4v) is 6.91. The van der Waals surface area contributed by atoms with Crippen molar-refractivity contribution in [1.82, 2.24) is 4.98 Å². The molecule has 0 radical (unpaired) electrons. The van der Waals surface area contributed by atoms with Gasteiger partial charge in [0.1, 0.15) is 5.82 Å². The number of anilines is 1. The Kier molecular flexibility index (Phi) is 6.44. The van der Waals surface area contributed by atoms with Crippen LogP contribution in [0.5, 0.6) is 0 Å². The lowest BCUT2D eigenvalue weighted by atomic mass is 10.1. The van der Waals surface area contributed by atoms with Crippen molar-refractivity contribution in [2.75, 3.05) is 18.0 Å². The van der Waals surface area contributed by atoms with Crippen molar-refractivity contribution in [2.45, 2.75) is 49.7 Å². The van der Waals surface area contributed by atoms with Crippen LogP contribution in [0.2, 0.25) is 0 Å². The molecule has 0 atom stereocenters. The van der Waals surface area contributed by atoms with Gasteiger partial charge in [0.05, 0.1) is 15.8 Å². The molecule has 1 aliphatic heterocycles. The number of piperidine rings is 1. The maximum absolute atomic E-state index is 13.6. The van der Waals surface area contributed by atoms with Gasteiger partial charge in [-0.1, -0.05) is 37.3 Å². The van der Waals surface area contributed by atoms with E-state index < -0.39 is 20.9 Å². The largest absolute Gasteiger partial charge is 0.348 e. The minimum absolute atomic E-state index is 0.122. The number of aromatic nitrogens is 1. The Balaban J connectivity index is 1.40. The number of hydrogen-bond acceptors (Lipinski definition) is 5. The first-order valence-corrected chi connectivity index (χ1v) is 13.1. The van der Waals surface area contributed by atoms with Crippen molar-refractivity contribution in [1.29, 1.82) is 0 Å². The molecule has 2 heterocycles. The Morgan fingerprint density at radius 2 is 1.77 bits per heavy atom. The van der Waals surface area contributed by atoms with Gasteiger partial charge < -0.3 is 4.90 Å². The molecule has 7 heteroatoms. The molecule has 3 aromatic rings. The lowest BCUT2D eigenvalue weighted by Gasteiger charge is -2.31. The number of nitrogens with zero attached hydrogens (tertiary/aromatic N) is 2. The highest BCUT2D eigenvalue weighted by Crippen LogP contribution is 2.31. The van der Waals surface area contributed by atoms with Gasteiger partial charge >= 0.3 is 0 Å². The first kappa shape index (κ1) is 22.0. The van der Waals surface area contributed by atoms with Crippen molar-refractivity contribution in [2.24, 2.45) is 0 Å². The number of benzene rings is 2. The van der Waals surface area contributed by atoms with Crippen LogP contribution in [0.4, 0.5) is 9.52 Å². The molecule has 0 saturated carbocycles. The molecule has 2 aromatic carbocycles. The van der Waals surface area contributed by atoms with E-state index in [2.05, 4.69) is 41.5 Å². The van der Waals surface area contributed by atoms with E-state index in [-0.39, 0.29) is 4.90 Å². The average molecular weight is 459 g/mol. The van der Waals surface area contributed by atoms with Gasteiger partial charge in [-0.2, -0.15) is 0 Å². The quantitative estimate of drug-likeness (QED) is 0.510. The van der Waals surface area contributed by atoms with Gasteiger partial charge in [0, 0.05) is 24.9 Å². The van der Waals surface area contributed by atoms with Crippen LogP contribution in [0.1, 0.15) is 42.1 Å². The first-order chi connectivity index (χ1) is 14.9. The van der Waals surface area contributed by atoms with E-state index >= 15 is 0 Å². The zero-order valence-corrected chi connectivity index (χ0v) is 19.5. The molecule has 1 saturated heterocycles. The molecule has 31 heavy (non-hydrogen) atoms. The van der Waals surface area contributed by atoms with E-state index in [1.54, 1.807) is 18.3 Å². The zero-order valence-electron chi connectivity index (χ0n) is 17.8. The predicted octanol–water partition coefficient (Wildman–Crippen LogP) is 5.19. The molecule has 164 valence electrons. The lowest BCUT2D eigenvalue weighted by Crippen LogP contribution is -2.39. The van der Waals surface area contributed by atoms with Crippen LogP contribution in [-0.2, 0) is 22.7 Å². The average Bonchev–Trinajstić information content (AvgIpc) is 3.24. The van der Waals surface area contributed by atoms with Crippen molar-refractivity contribution in [3.8, 4) is 0 Å². The van der Waals surface area contributed by atoms with E-state index in [1.807, 2.05) is 0 Å². The normalized spacial score (nSPS) is 15.4. The Morgan fingerprint density at radius 1 is 1.10 bits per heavy atom. The van der Waals surface area contributed by atoms with Crippen LogP contribution in [0.25, 0.3) is 0 Å². The number of halogens is 1. The molecule has 0 bridgehead atoms. The molecule has 1 aromatic heterocycles. The van der Waals surface area contributed by atoms with Gasteiger partial charge in [-0.15, -0.1) is 11.3 Å². The fraction of sp³-hybridized carbons (Fsp3) is 0.375. The third-order valence-corrected chi connectivity index (χ3v) is 9.32. The second-order valence-corrected chi connectivity index (χ2v) is 11.1. The first-order valence-electron chi connectivity index (χ1n) is 10.6. The molecule has 4 rings (SSSR count). The summed E-state index contributed by atoms with van der Waals surface area (Å²) < 4.78 is 39.8. The molecule has 4 nitrogen and oxygen atoms in total. The Labute approximate surface area is 187 Å². The highest BCUT2D eigenvalue weighted by atomic mass is 32.2. The summed E-state index contributed by atoms with van der Waals surface area (Å²) in [4.78, 5) is 7.08. The molecular weight excluding hydrogens is 431 g/mol. The van der Waals surface area contributed by atoms with Crippen LogP contribution in [0.15, 0.2) is 52.7 Å². The summed E-state index contributed by atoms with van der Waals surface area (Å²) in [7, 11) is -3.55. The second-order valence-electron chi connectivity index (χ2n) is 8.11. The summed E-state index contributed by atoms with van der Waals surface area (Å²) in [5.41, 5.74) is 4.20. The summed E-state index contributed by atoms with van der Waals surface area (Å²) in [6.07, 6.45) is 2.87. The van der Waals surface area contributed by atoms with Crippen LogP contribution in [0.3, 0.4) is 0 Å². The number of thiazole rings is 1. The standard InChI is InChI=1S/C24H27FN2O2S2/c1-3-18-5-7-19(8-6-18)14-21-16-30-24(26-21)27-12-10-22(11-13-27)31(28,29)23-15-20(25)9-4-17(23)2/h4-9,15-16,22H,3,10-14H2,1-2H3. The van der Waals surface area contributed by atoms with Crippen molar-refractivity contribution < 1.29 is 12.8 Å². The van der Waals surface area contributed by atoms with Crippen molar-refractivity contribution >= 4 is 26.3 Å². The molecule has 0 spiro atoms. The van der Waals surface area contributed by atoms with Gasteiger partial charge in [-0.25, -0.2) is 17.8 Å². The Morgan fingerprint density at radius 3 is 2.45 bits per heavy atom. The molecule has 0 amide bonds. The van der Waals surface area contributed by atoms with E-state index in [1.165, 1.54) is 23.3 Å². The highest BCUT2D eigenvalue weighted by molar-refractivity contribution is 7.92. The van der Waals surface area contributed by atoms with Crippen LogP contribution >= 0.6 is 11.3 Å². The number of aryl methyl sites for hydroxylation is 2. The van der Waals surface area contributed by atoms with E-state index in [0.717, 1.165) is 29.7 Å². The molecule has 1 aliphatic rings. The third-order valence-electron chi connectivity index (χ3n) is 5.96. The summed E-state index contributed by atoms with van der Waals surface area (Å²) in [5, 5.41) is 2.54. The number of rotatable bonds is 6. The molecule has 0 unspecified atom stereocenters. The minimum Gasteiger partial charge on any atom is -0.348 e. The van der Waals surface area contributed by atoms with E-state index in [9.17, 15) is 12.8 Å². The fourth-order valence-electron chi connectivity index (χ4n) is 4.04. The lowest BCUT2D eigenvalue weighted by molar-refractivity contribution is 0.527. The molecular formula is C24H27FN2O2S2. The maximum atomic E-state index is 13.6. The Hall–Kier alpha value is -2.25. The smallest absolute Gasteiger partial charge is 0.185 e. The van der Waals surface area contributed by atoms with Crippen LogP contribution in [0, 0.1) is 12.7 Å². The zero-order chi connectivity index (χ0) is 22.0. The van der Waals surface area contributed by atoms with Crippen LogP contribution < -0.4 is 4.90 Å². The SMILES string of the molecule is CCc1ccc(Cc2csc(N3CCC(S(=O)(=O)c4cc(F)ccc4C)CC3)n2)cc1. The predicted molar refractivity (Wildman–Crippen MR) is 124 cm³/mol. The van der Waals surface area contributed by atoms with Crippen LogP contribution in [-0.4, -0.2) is 31.7 Å². The van der Waals surface area contributed by atoms with E-state index in [4.69, 9.17) is 4.98 Å². The van der Waals surface area contributed by atoms with Crippen molar-refractivity contribution in [3.05, 3.63) is 76.0 Å². The summed E-state index contributed by atoms with van der Waals surface area (Å²) >= 11 is 1.61. The molecule has 0 N–H and O–H groups in total. The van der Waals surface area contributed by atoms with E-state index in [0.29, 0.717) is 31.5 Å². The van der Waals surface area contributed by atoms with Gasteiger partial charge in [0.15, 0.2) is 15.0 Å².